The normalized spacial score (nSPS) is 21.2. The van der Waals surface area contributed by atoms with Crippen molar-refractivity contribution in [1.29, 1.82) is 0 Å². The van der Waals surface area contributed by atoms with Crippen LogP contribution < -0.4 is 10.6 Å². The van der Waals surface area contributed by atoms with E-state index in [2.05, 4.69) is 24.5 Å². The molecule has 1 aliphatic rings. The summed E-state index contributed by atoms with van der Waals surface area (Å²) < 4.78 is 0. The van der Waals surface area contributed by atoms with E-state index in [9.17, 15) is 9.90 Å². The van der Waals surface area contributed by atoms with Crippen LogP contribution in [0.3, 0.4) is 0 Å². The molecule has 1 aliphatic carbocycles. The maximum Gasteiger partial charge on any atom is 0.234 e. The molecule has 0 fully saturated rings. The van der Waals surface area contributed by atoms with Crippen molar-refractivity contribution in [2.24, 2.45) is 0 Å². The van der Waals surface area contributed by atoms with Gasteiger partial charge in [0.05, 0.1) is 6.54 Å². The molecule has 0 aliphatic heterocycles. The Bertz CT molecular complexity index is 546. The molecule has 21 heavy (non-hydrogen) atoms. The number of phenols is 1. The molecule has 2 rings (SSSR count). The van der Waals surface area contributed by atoms with Crippen LogP contribution in [0.5, 0.6) is 5.75 Å². The highest BCUT2D eigenvalue weighted by atomic mass is 16.3. The van der Waals surface area contributed by atoms with Gasteiger partial charge in [-0.1, -0.05) is 13.0 Å². The molecule has 0 heterocycles. The van der Waals surface area contributed by atoms with E-state index in [-0.39, 0.29) is 24.0 Å². The van der Waals surface area contributed by atoms with Crippen LogP contribution in [0.1, 0.15) is 62.8 Å². The first kappa shape index (κ1) is 15.8. The van der Waals surface area contributed by atoms with Crippen LogP contribution in [0.4, 0.5) is 0 Å². The standard InChI is InChI=1S/C17H26N2O2/c1-10-6-7-13(20)16-12(8-11(2)15(10)16)18-9-14(21)19-17(3,4)5/h6-7,11-12,18,20H,8-9H2,1-5H3,(H,19,21). The minimum Gasteiger partial charge on any atom is -0.508 e. The Morgan fingerprint density at radius 1 is 1.33 bits per heavy atom. The van der Waals surface area contributed by atoms with Gasteiger partial charge in [0, 0.05) is 17.1 Å². The number of nitrogens with one attached hydrogen (secondary N) is 2. The van der Waals surface area contributed by atoms with Crippen LogP contribution >= 0.6 is 0 Å². The second-order valence-corrected chi connectivity index (χ2v) is 7.10. The highest BCUT2D eigenvalue weighted by molar-refractivity contribution is 5.78. The van der Waals surface area contributed by atoms with Crippen molar-refractivity contribution >= 4 is 5.91 Å². The van der Waals surface area contributed by atoms with Gasteiger partial charge in [-0.05, 0) is 57.2 Å². The van der Waals surface area contributed by atoms with Gasteiger partial charge >= 0.3 is 0 Å². The third-order valence-corrected chi connectivity index (χ3v) is 3.94. The number of phenolic OH excluding ortho intramolecular Hbond substituents is 1. The van der Waals surface area contributed by atoms with E-state index < -0.39 is 0 Å². The van der Waals surface area contributed by atoms with E-state index in [1.807, 2.05) is 26.8 Å². The van der Waals surface area contributed by atoms with Gasteiger partial charge in [-0.15, -0.1) is 0 Å². The first-order valence-corrected chi connectivity index (χ1v) is 7.56. The summed E-state index contributed by atoms with van der Waals surface area (Å²) in [6.45, 7) is 10.4. The summed E-state index contributed by atoms with van der Waals surface area (Å²) in [6, 6.07) is 3.75. The zero-order valence-electron chi connectivity index (χ0n) is 13.6. The van der Waals surface area contributed by atoms with Crippen LogP contribution in [-0.2, 0) is 4.79 Å². The molecule has 0 spiro atoms. The van der Waals surface area contributed by atoms with Crippen LogP contribution in [0, 0.1) is 6.92 Å². The predicted molar refractivity (Wildman–Crippen MR) is 84.5 cm³/mol. The Morgan fingerprint density at radius 2 is 2.00 bits per heavy atom. The lowest BCUT2D eigenvalue weighted by atomic mass is 9.97. The number of amides is 1. The molecule has 1 amide bonds. The Labute approximate surface area is 126 Å². The molecule has 4 heteroatoms. The van der Waals surface area contributed by atoms with Gasteiger partial charge in [0.25, 0.3) is 0 Å². The molecule has 1 aromatic carbocycles. The van der Waals surface area contributed by atoms with Gasteiger partial charge in [0.2, 0.25) is 5.91 Å². The first-order chi connectivity index (χ1) is 9.69. The molecule has 2 unspecified atom stereocenters. The smallest absolute Gasteiger partial charge is 0.234 e. The summed E-state index contributed by atoms with van der Waals surface area (Å²) in [7, 11) is 0. The van der Waals surface area contributed by atoms with E-state index in [4.69, 9.17) is 0 Å². The highest BCUT2D eigenvalue weighted by Gasteiger charge is 2.32. The number of hydrogen-bond acceptors (Lipinski definition) is 3. The minimum absolute atomic E-state index is 0.0178. The van der Waals surface area contributed by atoms with E-state index in [1.54, 1.807) is 6.07 Å². The Balaban J connectivity index is 2.09. The number of hydrogen-bond donors (Lipinski definition) is 3. The molecule has 4 nitrogen and oxygen atoms in total. The Kier molecular flexibility index (Phi) is 4.28. The van der Waals surface area contributed by atoms with Crippen molar-refractivity contribution in [1.82, 2.24) is 10.6 Å². The maximum absolute atomic E-state index is 11.9. The SMILES string of the molecule is Cc1ccc(O)c2c1C(C)CC2NCC(=O)NC(C)(C)C. The van der Waals surface area contributed by atoms with Crippen molar-refractivity contribution in [3.8, 4) is 5.75 Å². The van der Waals surface area contributed by atoms with Crippen molar-refractivity contribution in [3.63, 3.8) is 0 Å². The lowest BCUT2D eigenvalue weighted by Crippen LogP contribution is -2.45. The lowest BCUT2D eigenvalue weighted by Gasteiger charge is -2.22. The molecule has 2 atom stereocenters. The van der Waals surface area contributed by atoms with E-state index in [0.29, 0.717) is 11.7 Å². The molecule has 0 aromatic heterocycles. The first-order valence-electron chi connectivity index (χ1n) is 7.56. The minimum atomic E-state index is -0.224. The average molecular weight is 290 g/mol. The van der Waals surface area contributed by atoms with Crippen LogP contribution in [0.25, 0.3) is 0 Å². The molecular weight excluding hydrogens is 264 g/mol. The van der Waals surface area contributed by atoms with E-state index in [0.717, 1.165) is 12.0 Å². The van der Waals surface area contributed by atoms with Gasteiger partial charge in [0.15, 0.2) is 0 Å². The number of aryl methyl sites for hydroxylation is 1. The maximum atomic E-state index is 11.9. The predicted octanol–water partition coefficient (Wildman–Crippen LogP) is 2.75. The third-order valence-electron chi connectivity index (χ3n) is 3.94. The number of aromatic hydroxyl groups is 1. The van der Waals surface area contributed by atoms with Gasteiger partial charge in [-0.2, -0.15) is 0 Å². The summed E-state index contributed by atoms with van der Waals surface area (Å²) in [5.41, 5.74) is 3.17. The molecule has 3 N–H and O–H groups in total. The molecule has 0 radical (unpaired) electrons. The third kappa shape index (κ3) is 3.56. The topological polar surface area (TPSA) is 61.4 Å². The zero-order valence-corrected chi connectivity index (χ0v) is 13.6. The quantitative estimate of drug-likeness (QED) is 0.802. The molecule has 1 aromatic rings. The fraction of sp³-hybridized carbons (Fsp3) is 0.588. The number of fused-ring (bicyclic) bond motifs is 1. The number of rotatable bonds is 3. The van der Waals surface area contributed by atoms with Crippen molar-refractivity contribution in [2.75, 3.05) is 6.54 Å². The van der Waals surface area contributed by atoms with Crippen LogP contribution in [-0.4, -0.2) is 23.1 Å². The number of carbonyl (C=O) groups excluding carboxylic acids is 1. The summed E-state index contributed by atoms with van der Waals surface area (Å²) in [6.07, 6.45) is 0.913. The molecule has 0 saturated carbocycles. The van der Waals surface area contributed by atoms with Crippen molar-refractivity contribution in [3.05, 3.63) is 28.8 Å². The lowest BCUT2D eigenvalue weighted by molar-refractivity contribution is -0.121. The monoisotopic (exact) mass is 290 g/mol. The summed E-state index contributed by atoms with van der Waals surface area (Å²) >= 11 is 0. The largest absolute Gasteiger partial charge is 0.508 e. The van der Waals surface area contributed by atoms with Gasteiger partial charge in [0.1, 0.15) is 5.75 Å². The Hall–Kier alpha value is -1.55. The number of carbonyl (C=O) groups is 1. The van der Waals surface area contributed by atoms with Gasteiger partial charge < -0.3 is 15.7 Å². The zero-order chi connectivity index (χ0) is 15.8. The number of benzene rings is 1. The fourth-order valence-corrected chi connectivity index (χ4v) is 3.21. The summed E-state index contributed by atoms with van der Waals surface area (Å²) in [5.74, 6) is 0.708. The summed E-state index contributed by atoms with van der Waals surface area (Å²) in [4.78, 5) is 11.9. The average Bonchev–Trinajstić information content (AvgIpc) is 2.68. The summed E-state index contributed by atoms with van der Waals surface area (Å²) in [5, 5.41) is 16.4. The second kappa shape index (κ2) is 5.68. The fourth-order valence-electron chi connectivity index (χ4n) is 3.21. The molecule has 0 saturated heterocycles. The van der Waals surface area contributed by atoms with Crippen LogP contribution in [0.2, 0.25) is 0 Å². The molecular formula is C17H26N2O2. The van der Waals surface area contributed by atoms with E-state index in [1.165, 1.54) is 11.1 Å². The molecule has 0 bridgehead atoms. The molecule has 116 valence electrons. The van der Waals surface area contributed by atoms with Crippen molar-refractivity contribution in [2.45, 2.75) is 58.5 Å². The van der Waals surface area contributed by atoms with Crippen molar-refractivity contribution < 1.29 is 9.90 Å². The Morgan fingerprint density at radius 3 is 2.62 bits per heavy atom. The van der Waals surface area contributed by atoms with Gasteiger partial charge in [-0.3, -0.25) is 4.79 Å². The van der Waals surface area contributed by atoms with Crippen LogP contribution in [0.15, 0.2) is 12.1 Å². The van der Waals surface area contributed by atoms with E-state index >= 15 is 0 Å². The highest BCUT2D eigenvalue weighted by Crippen LogP contribution is 2.45. The second-order valence-electron chi connectivity index (χ2n) is 7.10. The van der Waals surface area contributed by atoms with Gasteiger partial charge in [-0.25, -0.2) is 0 Å².